The number of amides is 2. The highest BCUT2D eigenvalue weighted by Crippen LogP contribution is 2.29. The van der Waals surface area contributed by atoms with Crippen LogP contribution in [0.3, 0.4) is 0 Å². The number of morpholine rings is 1. The maximum Gasteiger partial charge on any atom is 0.313 e. The minimum Gasteiger partial charge on any atom is -0.497 e. The van der Waals surface area contributed by atoms with E-state index >= 15 is 0 Å². The van der Waals surface area contributed by atoms with Gasteiger partial charge in [-0.3, -0.25) is 14.5 Å². The Hall–Kier alpha value is -2.36. The topological polar surface area (TPSA) is 98.4 Å². The van der Waals surface area contributed by atoms with Crippen LogP contribution in [0.15, 0.2) is 18.2 Å². The zero-order valence-corrected chi connectivity index (χ0v) is 16.9. The van der Waals surface area contributed by atoms with E-state index < -0.39 is 11.8 Å². The Morgan fingerprint density at radius 2 is 1.93 bits per heavy atom. The van der Waals surface area contributed by atoms with Gasteiger partial charge in [0.25, 0.3) is 0 Å². The summed E-state index contributed by atoms with van der Waals surface area (Å²) in [5.74, 6) is -0.0775. The first-order valence-corrected chi connectivity index (χ1v) is 9.83. The van der Waals surface area contributed by atoms with E-state index in [4.69, 9.17) is 18.9 Å². The van der Waals surface area contributed by atoms with Gasteiger partial charge in [-0.2, -0.15) is 0 Å². The Kier molecular flexibility index (Phi) is 7.68. The molecule has 0 aromatic heterocycles. The largest absolute Gasteiger partial charge is 0.497 e. The Labute approximate surface area is 170 Å². The maximum atomic E-state index is 12.4. The molecule has 2 amide bonds. The van der Waals surface area contributed by atoms with Crippen molar-refractivity contribution in [1.29, 1.82) is 0 Å². The quantitative estimate of drug-likeness (QED) is 0.635. The molecule has 9 heteroatoms. The molecule has 3 rings (SSSR count). The Morgan fingerprint density at radius 1 is 1.14 bits per heavy atom. The summed E-state index contributed by atoms with van der Waals surface area (Å²) >= 11 is 0. The van der Waals surface area contributed by atoms with Gasteiger partial charge in [0.1, 0.15) is 11.5 Å². The SMILES string of the molecule is COc1ccc(NC(=O)C(=O)NC[C@H]([C@@H]2CCOC2)N2CCOCC2)c(OC)c1. The number of anilines is 1. The minimum atomic E-state index is -0.739. The molecule has 29 heavy (non-hydrogen) atoms. The van der Waals surface area contributed by atoms with Gasteiger partial charge < -0.3 is 29.6 Å². The van der Waals surface area contributed by atoms with Gasteiger partial charge in [-0.1, -0.05) is 0 Å². The zero-order chi connectivity index (χ0) is 20.6. The Morgan fingerprint density at radius 3 is 2.59 bits per heavy atom. The molecular formula is C20H29N3O6. The third-order valence-corrected chi connectivity index (χ3v) is 5.36. The second-order valence-electron chi connectivity index (χ2n) is 7.07. The molecule has 9 nitrogen and oxygen atoms in total. The Bertz CT molecular complexity index is 701. The summed E-state index contributed by atoms with van der Waals surface area (Å²) in [5.41, 5.74) is 0.405. The number of carbonyl (C=O) groups is 2. The molecule has 1 aromatic carbocycles. The van der Waals surface area contributed by atoms with Crippen molar-refractivity contribution in [2.24, 2.45) is 5.92 Å². The van der Waals surface area contributed by atoms with Crippen LogP contribution in [0, 0.1) is 5.92 Å². The minimum absolute atomic E-state index is 0.119. The molecule has 2 aliphatic heterocycles. The van der Waals surface area contributed by atoms with Crippen LogP contribution in [0.2, 0.25) is 0 Å². The first kappa shape index (κ1) is 21.4. The normalized spacial score (nSPS) is 20.7. The molecule has 2 N–H and O–H groups in total. The van der Waals surface area contributed by atoms with Crippen LogP contribution in [-0.4, -0.2) is 83.0 Å². The molecule has 0 aliphatic carbocycles. The number of nitrogens with zero attached hydrogens (tertiary/aromatic N) is 1. The standard InChI is InChI=1S/C20H29N3O6/c1-26-15-3-4-16(18(11-15)27-2)22-20(25)19(24)21-12-17(14-5-8-29-13-14)23-6-9-28-10-7-23/h3-4,11,14,17H,5-10,12-13H2,1-2H3,(H,21,24)(H,22,25)/t14-,17-/m1/s1. The van der Waals surface area contributed by atoms with Gasteiger partial charge in [-0.05, 0) is 18.6 Å². The highest BCUT2D eigenvalue weighted by atomic mass is 16.5. The van der Waals surface area contributed by atoms with E-state index in [2.05, 4.69) is 15.5 Å². The van der Waals surface area contributed by atoms with Crippen LogP contribution < -0.4 is 20.1 Å². The number of methoxy groups -OCH3 is 2. The van der Waals surface area contributed by atoms with E-state index in [1.165, 1.54) is 7.11 Å². The third kappa shape index (κ3) is 5.59. The van der Waals surface area contributed by atoms with Gasteiger partial charge in [-0.25, -0.2) is 0 Å². The summed E-state index contributed by atoms with van der Waals surface area (Å²) in [6.07, 6.45) is 0.952. The van der Waals surface area contributed by atoms with Gasteiger partial charge >= 0.3 is 11.8 Å². The second kappa shape index (κ2) is 10.4. The van der Waals surface area contributed by atoms with Crippen molar-refractivity contribution < 1.29 is 28.5 Å². The molecule has 2 heterocycles. The molecule has 160 valence electrons. The van der Waals surface area contributed by atoms with Gasteiger partial charge in [-0.15, -0.1) is 0 Å². The first-order chi connectivity index (χ1) is 14.1. The molecule has 2 saturated heterocycles. The molecule has 2 fully saturated rings. The van der Waals surface area contributed by atoms with Crippen LogP contribution >= 0.6 is 0 Å². The van der Waals surface area contributed by atoms with Crippen LogP contribution in [0.4, 0.5) is 5.69 Å². The number of benzene rings is 1. The predicted molar refractivity (Wildman–Crippen MR) is 106 cm³/mol. The number of hydrogen-bond donors (Lipinski definition) is 2. The van der Waals surface area contributed by atoms with E-state index in [9.17, 15) is 9.59 Å². The first-order valence-electron chi connectivity index (χ1n) is 9.83. The molecule has 0 saturated carbocycles. The van der Waals surface area contributed by atoms with E-state index in [0.717, 1.165) is 26.1 Å². The lowest BCUT2D eigenvalue weighted by Crippen LogP contribution is -2.53. The van der Waals surface area contributed by atoms with Crippen molar-refractivity contribution >= 4 is 17.5 Å². The second-order valence-corrected chi connectivity index (χ2v) is 7.07. The predicted octanol–water partition coefficient (Wildman–Crippen LogP) is 0.496. The summed E-state index contributed by atoms with van der Waals surface area (Å²) in [5, 5.41) is 5.38. The number of carbonyl (C=O) groups excluding carboxylic acids is 2. The van der Waals surface area contributed by atoms with Crippen molar-refractivity contribution in [3.8, 4) is 11.5 Å². The van der Waals surface area contributed by atoms with Gasteiger partial charge in [0.2, 0.25) is 0 Å². The third-order valence-electron chi connectivity index (χ3n) is 5.36. The average molecular weight is 407 g/mol. The van der Waals surface area contributed by atoms with Crippen molar-refractivity contribution in [2.45, 2.75) is 12.5 Å². The van der Waals surface area contributed by atoms with Gasteiger partial charge in [0.15, 0.2) is 0 Å². The average Bonchev–Trinajstić information content (AvgIpc) is 3.29. The van der Waals surface area contributed by atoms with Crippen molar-refractivity contribution in [1.82, 2.24) is 10.2 Å². The van der Waals surface area contributed by atoms with Crippen molar-refractivity contribution in [2.75, 3.05) is 65.6 Å². The van der Waals surface area contributed by atoms with Crippen LogP contribution in [0.5, 0.6) is 11.5 Å². The van der Waals surface area contributed by atoms with E-state index in [1.54, 1.807) is 25.3 Å². The molecule has 0 bridgehead atoms. The fraction of sp³-hybridized carbons (Fsp3) is 0.600. The van der Waals surface area contributed by atoms with Crippen molar-refractivity contribution in [3.05, 3.63) is 18.2 Å². The molecule has 0 radical (unpaired) electrons. The number of ether oxygens (including phenoxy) is 4. The monoisotopic (exact) mass is 407 g/mol. The lowest BCUT2D eigenvalue weighted by atomic mass is 9.97. The van der Waals surface area contributed by atoms with E-state index in [1.807, 2.05) is 0 Å². The zero-order valence-electron chi connectivity index (χ0n) is 16.9. The molecule has 1 aromatic rings. The van der Waals surface area contributed by atoms with Gasteiger partial charge in [0.05, 0.1) is 39.7 Å². The van der Waals surface area contributed by atoms with E-state index in [-0.39, 0.29) is 6.04 Å². The van der Waals surface area contributed by atoms with Crippen molar-refractivity contribution in [3.63, 3.8) is 0 Å². The smallest absolute Gasteiger partial charge is 0.313 e. The van der Waals surface area contributed by atoms with Crippen LogP contribution in [0.1, 0.15) is 6.42 Å². The summed E-state index contributed by atoms with van der Waals surface area (Å²) in [4.78, 5) is 27.1. The molecule has 2 aliphatic rings. The molecule has 0 unspecified atom stereocenters. The van der Waals surface area contributed by atoms with Crippen LogP contribution in [-0.2, 0) is 19.1 Å². The lowest BCUT2D eigenvalue weighted by molar-refractivity contribution is -0.136. The maximum absolute atomic E-state index is 12.4. The van der Waals surface area contributed by atoms with Crippen LogP contribution in [0.25, 0.3) is 0 Å². The lowest BCUT2D eigenvalue weighted by Gasteiger charge is -2.37. The fourth-order valence-corrected chi connectivity index (χ4v) is 3.72. The fourth-order valence-electron chi connectivity index (χ4n) is 3.72. The summed E-state index contributed by atoms with van der Waals surface area (Å²) in [7, 11) is 3.03. The summed E-state index contributed by atoms with van der Waals surface area (Å²) < 4.78 is 21.4. The highest BCUT2D eigenvalue weighted by molar-refractivity contribution is 6.39. The summed E-state index contributed by atoms with van der Waals surface area (Å²) in [6, 6.07) is 5.08. The molecule has 2 atom stereocenters. The number of nitrogens with one attached hydrogen (secondary N) is 2. The number of rotatable bonds is 7. The highest BCUT2D eigenvalue weighted by Gasteiger charge is 2.32. The summed E-state index contributed by atoms with van der Waals surface area (Å²) in [6.45, 7) is 4.77. The molecule has 0 spiro atoms. The Balaban J connectivity index is 1.58. The van der Waals surface area contributed by atoms with Gasteiger partial charge in [0, 0.05) is 44.3 Å². The molecular weight excluding hydrogens is 378 g/mol. The number of hydrogen-bond acceptors (Lipinski definition) is 7. The van der Waals surface area contributed by atoms with E-state index in [0.29, 0.717) is 49.5 Å².